The lowest BCUT2D eigenvalue weighted by molar-refractivity contribution is -0.240. The van der Waals surface area contributed by atoms with E-state index in [-0.39, 0.29) is 18.5 Å². The van der Waals surface area contributed by atoms with Gasteiger partial charge in [-0.25, -0.2) is 4.39 Å². The fourth-order valence-electron chi connectivity index (χ4n) is 3.27. The number of carbonyl (C=O) groups is 1. The molecule has 1 aromatic carbocycles. The Morgan fingerprint density at radius 2 is 2.20 bits per heavy atom. The second kappa shape index (κ2) is 7.81. The molecule has 1 unspecified atom stereocenters. The highest BCUT2D eigenvalue weighted by Crippen LogP contribution is 2.25. The zero-order chi connectivity index (χ0) is 17.8. The molecular weight excluding hydrogens is 329 g/mol. The van der Waals surface area contributed by atoms with Crippen molar-refractivity contribution in [1.29, 1.82) is 0 Å². The Balaban J connectivity index is 1.61. The first kappa shape index (κ1) is 17.7. The summed E-state index contributed by atoms with van der Waals surface area (Å²) in [6.45, 7) is 1.39. The summed E-state index contributed by atoms with van der Waals surface area (Å²) in [5.74, 6) is -0.398. The molecule has 0 saturated carbocycles. The predicted octanol–water partition coefficient (Wildman–Crippen LogP) is 0.894. The lowest BCUT2D eigenvalue weighted by atomic mass is 10.0. The molecule has 0 bridgehead atoms. The maximum atomic E-state index is 13.3. The number of nitrogens with zero attached hydrogens (tertiary/aromatic N) is 1. The summed E-state index contributed by atoms with van der Waals surface area (Å²) >= 11 is 0. The number of benzene rings is 1. The molecule has 0 radical (unpaired) electrons. The lowest BCUT2D eigenvalue weighted by Gasteiger charge is -2.36. The third kappa shape index (κ3) is 4.09. The largest absolute Gasteiger partial charge is 0.392 e. The molecule has 2 aliphatic heterocycles. The first-order valence-electron chi connectivity index (χ1n) is 8.27. The second-order valence-electron chi connectivity index (χ2n) is 6.19. The highest BCUT2D eigenvalue weighted by molar-refractivity contribution is 5.82. The third-order valence-corrected chi connectivity index (χ3v) is 4.54. The van der Waals surface area contributed by atoms with E-state index < -0.39 is 11.9 Å². The number of likely N-dealkylation sites (tertiary alicyclic amines) is 1. The summed E-state index contributed by atoms with van der Waals surface area (Å²) < 4.78 is 13.3. The van der Waals surface area contributed by atoms with Crippen molar-refractivity contribution in [2.45, 2.75) is 31.5 Å². The number of aliphatic hydroxyl groups is 1. The summed E-state index contributed by atoms with van der Waals surface area (Å²) in [7, 11) is 0. The fourth-order valence-corrected chi connectivity index (χ4v) is 3.27. The van der Waals surface area contributed by atoms with E-state index in [1.807, 2.05) is 4.90 Å². The molecule has 2 heterocycles. The van der Waals surface area contributed by atoms with E-state index in [2.05, 4.69) is 5.32 Å². The number of rotatable bonds is 6. The van der Waals surface area contributed by atoms with Crippen molar-refractivity contribution in [1.82, 2.24) is 4.90 Å². The molecule has 0 spiro atoms. The van der Waals surface area contributed by atoms with Crippen LogP contribution in [0, 0.1) is 5.82 Å². The van der Waals surface area contributed by atoms with Crippen LogP contribution in [0.15, 0.2) is 30.0 Å². The number of hydrogen-bond donors (Lipinski definition) is 3. The van der Waals surface area contributed by atoms with Crippen LogP contribution < -0.4 is 11.1 Å². The van der Waals surface area contributed by atoms with Gasteiger partial charge in [0, 0.05) is 30.4 Å². The number of nitrogens with two attached hydrogens (primary N) is 1. The highest BCUT2D eigenvalue weighted by Gasteiger charge is 2.34. The minimum atomic E-state index is -0.623. The molecule has 136 valence electrons. The van der Waals surface area contributed by atoms with Crippen LogP contribution in [0.2, 0.25) is 0 Å². The first-order valence-corrected chi connectivity index (χ1v) is 8.27. The van der Waals surface area contributed by atoms with Crippen LogP contribution in [0.1, 0.15) is 18.4 Å². The molecule has 1 amide bonds. The van der Waals surface area contributed by atoms with Gasteiger partial charge < -0.3 is 21.0 Å². The number of piperidine rings is 1. The fraction of sp³-hybridized carbons (Fsp3) is 0.471. The Kier molecular flexibility index (Phi) is 5.52. The van der Waals surface area contributed by atoms with Crippen molar-refractivity contribution in [3.8, 4) is 0 Å². The number of amides is 1. The van der Waals surface area contributed by atoms with Crippen LogP contribution in [-0.2, 0) is 21.2 Å². The van der Waals surface area contributed by atoms with E-state index in [1.165, 1.54) is 12.1 Å². The smallest absolute Gasteiger partial charge is 0.242 e. The summed E-state index contributed by atoms with van der Waals surface area (Å²) in [6, 6.07) is 3.86. The van der Waals surface area contributed by atoms with Gasteiger partial charge in [-0.05, 0) is 37.1 Å². The lowest BCUT2D eigenvalue weighted by Crippen LogP contribution is -2.51. The van der Waals surface area contributed by atoms with Crippen molar-refractivity contribution in [3.05, 3.63) is 41.4 Å². The van der Waals surface area contributed by atoms with E-state index in [0.29, 0.717) is 31.0 Å². The predicted molar refractivity (Wildman–Crippen MR) is 88.6 cm³/mol. The van der Waals surface area contributed by atoms with E-state index in [1.54, 1.807) is 12.1 Å². The summed E-state index contributed by atoms with van der Waals surface area (Å²) in [4.78, 5) is 23.6. The highest BCUT2D eigenvalue weighted by atomic mass is 19.1. The monoisotopic (exact) mass is 351 g/mol. The van der Waals surface area contributed by atoms with Crippen molar-refractivity contribution in [2.75, 3.05) is 25.0 Å². The SMILES string of the molecule is NC(=O)C(C1=CCOO1)N1CCC(Nc2ccc(F)cc2CO)CC1. The minimum Gasteiger partial charge on any atom is -0.392 e. The van der Waals surface area contributed by atoms with Gasteiger partial charge in [0.15, 0.2) is 11.8 Å². The number of aliphatic hydroxyl groups excluding tert-OH is 1. The third-order valence-electron chi connectivity index (χ3n) is 4.54. The maximum absolute atomic E-state index is 13.3. The molecule has 4 N–H and O–H groups in total. The average molecular weight is 351 g/mol. The first-order chi connectivity index (χ1) is 12.1. The van der Waals surface area contributed by atoms with Crippen molar-refractivity contribution < 1.29 is 24.1 Å². The molecule has 25 heavy (non-hydrogen) atoms. The zero-order valence-corrected chi connectivity index (χ0v) is 13.8. The van der Waals surface area contributed by atoms with Crippen LogP contribution in [0.25, 0.3) is 0 Å². The van der Waals surface area contributed by atoms with Crippen LogP contribution in [0.3, 0.4) is 0 Å². The normalized spacial score (nSPS) is 20.0. The van der Waals surface area contributed by atoms with Gasteiger partial charge in [0.1, 0.15) is 12.4 Å². The van der Waals surface area contributed by atoms with Gasteiger partial charge in [0.25, 0.3) is 0 Å². The van der Waals surface area contributed by atoms with Crippen LogP contribution >= 0.6 is 0 Å². The van der Waals surface area contributed by atoms with Crippen LogP contribution in [0.4, 0.5) is 10.1 Å². The van der Waals surface area contributed by atoms with Crippen LogP contribution in [0.5, 0.6) is 0 Å². The van der Waals surface area contributed by atoms with Gasteiger partial charge >= 0.3 is 0 Å². The number of anilines is 1. The molecule has 0 aliphatic carbocycles. The van der Waals surface area contributed by atoms with Gasteiger partial charge in [-0.1, -0.05) is 0 Å². The number of halogens is 1. The maximum Gasteiger partial charge on any atom is 0.242 e. The Labute approximate surface area is 145 Å². The molecule has 2 aliphatic rings. The average Bonchev–Trinajstić information content (AvgIpc) is 3.12. The molecule has 1 fully saturated rings. The Hall–Kier alpha value is -2.16. The molecule has 8 heteroatoms. The number of primary amides is 1. The second-order valence-corrected chi connectivity index (χ2v) is 6.19. The topological polar surface area (TPSA) is 97.1 Å². The molecule has 1 aromatic rings. The van der Waals surface area contributed by atoms with Crippen LogP contribution in [-0.4, -0.2) is 47.7 Å². The molecule has 7 nitrogen and oxygen atoms in total. The van der Waals surface area contributed by atoms with Crippen molar-refractivity contribution in [3.63, 3.8) is 0 Å². The van der Waals surface area contributed by atoms with Gasteiger partial charge in [-0.3, -0.25) is 9.69 Å². The Morgan fingerprint density at radius 3 is 2.80 bits per heavy atom. The van der Waals surface area contributed by atoms with Gasteiger partial charge in [0.2, 0.25) is 5.91 Å². The standard InChI is InChI=1S/C17H22FN3O4/c18-12-1-2-14(11(9-12)10-22)20-13-3-6-21(7-4-13)16(17(19)23)15-5-8-24-25-15/h1-2,5,9,13,16,20,22H,3-4,6-8,10H2,(H2,19,23). The summed E-state index contributed by atoms with van der Waals surface area (Å²) in [5.41, 5.74) is 6.77. The molecule has 0 aromatic heterocycles. The van der Waals surface area contributed by atoms with Gasteiger partial charge in [0.05, 0.1) is 6.61 Å². The van der Waals surface area contributed by atoms with Gasteiger partial charge in [-0.15, -0.1) is 0 Å². The molecular formula is C17H22FN3O4. The molecule has 1 saturated heterocycles. The van der Waals surface area contributed by atoms with E-state index in [9.17, 15) is 14.3 Å². The quantitative estimate of drug-likeness (QED) is 0.659. The summed E-state index contributed by atoms with van der Waals surface area (Å²) in [6.07, 6.45) is 3.27. The number of carbonyl (C=O) groups excluding carboxylic acids is 1. The zero-order valence-electron chi connectivity index (χ0n) is 13.8. The van der Waals surface area contributed by atoms with E-state index in [4.69, 9.17) is 15.5 Å². The van der Waals surface area contributed by atoms with Gasteiger partial charge in [-0.2, -0.15) is 4.89 Å². The Bertz CT molecular complexity index is 659. The summed E-state index contributed by atoms with van der Waals surface area (Å²) in [5, 5.41) is 12.7. The van der Waals surface area contributed by atoms with Crippen molar-refractivity contribution >= 4 is 11.6 Å². The minimum absolute atomic E-state index is 0.162. The van der Waals surface area contributed by atoms with E-state index in [0.717, 1.165) is 18.5 Å². The molecule has 3 rings (SSSR count). The van der Waals surface area contributed by atoms with Crippen molar-refractivity contribution in [2.24, 2.45) is 5.73 Å². The molecule has 1 atom stereocenters. The number of hydrogen-bond acceptors (Lipinski definition) is 6. The van der Waals surface area contributed by atoms with E-state index >= 15 is 0 Å². The Morgan fingerprint density at radius 1 is 1.44 bits per heavy atom. The number of nitrogens with one attached hydrogen (secondary N) is 1.